The van der Waals surface area contributed by atoms with Gasteiger partial charge in [0.15, 0.2) is 0 Å². The minimum Gasteiger partial charge on any atom is -0.352 e. The van der Waals surface area contributed by atoms with E-state index in [0.717, 1.165) is 6.42 Å². The average molecular weight is 204 g/mol. The first kappa shape index (κ1) is 9.83. The topological polar surface area (TPSA) is 32.3 Å². The first-order valence-corrected chi connectivity index (χ1v) is 4.95. The van der Waals surface area contributed by atoms with E-state index in [1.54, 1.807) is 4.90 Å². The molecule has 2 aliphatic rings. The van der Waals surface area contributed by atoms with Gasteiger partial charge < -0.3 is 5.32 Å². The standard InChI is InChI=1S/C9H14F2N2O/c10-9(11)3-4-13(6-9)5-7-1-2-8(14)12-7/h7H,1-6H2,(H,12,14). The second kappa shape index (κ2) is 3.46. The number of hydrogen-bond acceptors (Lipinski definition) is 2. The van der Waals surface area contributed by atoms with E-state index in [4.69, 9.17) is 0 Å². The van der Waals surface area contributed by atoms with Crippen molar-refractivity contribution in [1.29, 1.82) is 0 Å². The Balaban J connectivity index is 1.79. The van der Waals surface area contributed by atoms with Gasteiger partial charge in [0.1, 0.15) is 0 Å². The maximum Gasteiger partial charge on any atom is 0.261 e. The summed E-state index contributed by atoms with van der Waals surface area (Å²) in [6, 6.07) is 0.0800. The summed E-state index contributed by atoms with van der Waals surface area (Å²) in [7, 11) is 0. The number of hydrogen-bond donors (Lipinski definition) is 1. The van der Waals surface area contributed by atoms with Gasteiger partial charge in [-0.2, -0.15) is 0 Å². The Kier molecular flexibility index (Phi) is 2.43. The molecule has 1 atom stereocenters. The zero-order valence-electron chi connectivity index (χ0n) is 7.93. The number of halogens is 2. The lowest BCUT2D eigenvalue weighted by Crippen LogP contribution is -2.38. The van der Waals surface area contributed by atoms with E-state index in [0.29, 0.717) is 19.5 Å². The van der Waals surface area contributed by atoms with Gasteiger partial charge in [-0.05, 0) is 6.42 Å². The van der Waals surface area contributed by atoms with Gasteiger partial charge in [-0.1, -0.05) is 0 Å². The van der Waals surface area contributed by atoms with Crippen molar-refractivity contribution in [1.82, 2.24) is 10.2 Å². The van der Waals surface area contributed by atoms with Gasteiger partial charge in [-0.3, -0.25) is 9.69 Å². The van der Waals surface area contributed by atoms with Crippen LogP contribution in [0.1, 0.15) is 19.3 Å². The van der Waals surface area contributed by atoms with Crippen LogP contribution in [-0.4, -0.2) is 42.4 Å². The van der Waals surface area contributed by atoms with Gasteiger partial charge in [0.05, 0.1) is 6.54 Å². The fraction of sp³-hybridized carbons (Fsp3) is 0.889. The summed E-state index contributed by atoms with van der Waals surface area (Å²) in [5.41, 5.74) is 0. The lowest BCUT2D eigenvalue weighted by atomic mass is 10.2. The Morgan fingerprint density at radius 3 is 2.86 bits per heavy atom. The van der Waals surface area contributed by atoms with Crippen molar-refractivity contribution < 1.29 is 13.6 Å². The fourth-order valence-electron chi connectivity index (χ4n) is 2.09. The molecule has 0 aromatic carbocycles. The van der Waals surface area contributed by atoms with E-state index < -0.39 is 5.92 Å². The molecule has 2 rings (SSSR count). The number of rotatable bonds is 2. The average Bonchev–Trinajstić information content (AvgIpc) is 2.59. The molecule has 2 fully saturated rings. The Morgan fingerprint density at radius 2 is 2.36 bits per heavy atom. The number of carbonyl (C=O) groups is 1. The Bertz CT molecular complexity index is 245. The van der Waals surface area contributed by atoms with E-state index in [9.17, 15) is 13.6 Å². The van der Waals surface area contributed by atoms with Crippen LogP contribution in [0.3, 0.4) is 0 Å². The van der Waals surface area contributed by atoms with Crippen LogP contribution in [0.15, 0.2) is 0 Å². The van der Waals surface area contributed by atoms with Crippen molar-refractivity contribution in [3.05, 3.63) is 0 Å². The van der Waals surface area contributed by atoms with Crippen molar-refractivity contribution >= 4 is 5.91 Å². The third kappa shape index (κ3) is 2.20. The Hall–Kier alpha value is -0.710. The predicted molar refractivity (Wildman–Crippen MR) is 47.2 cm³/mol. The summed E-state index contributed by atoms with van der Waals surface area (Å²) in [5.74, 6) is -2.48. The van der Waals surface area contributed by atoms with Crippen molar-refractivity contribution in [2.75, 3.05) is 19.6 Å². The van der Waals surface area contributed by atoms with Crippen molar-refractivity contribution in [2.45, 2.75) is 31.2 Å². The van der Waals surface area contributed by atoms with Crippen LogP contribution in [0.4, 0.5) is 8.78 Å². The zero-order chi connectivity index (χ0) is 10.2. The van der Waals surface area contributed by atoms with Crippen molar-refractivity contribution in [3.8, 4) is 0 Å². The molecule has 0 radical (unpaired) electrons. The zero-order valence-corrected chi connectivity index (χ0v) is 7.93. The molecule has 14 heavy (non-hydrogen) atoms. The summed E-state index contributed by atoms with van der Waals surface area (Å²) in [5, 5.41) is 2.78. The molecule has 5 heteroatoms. The number of carbonyl (C=O) groups excluding carboxylic acids is 1. The van der Waals surface area contributed by atoms with E-state index in [2.05, 4.69) is 5.32 Å². The number of amides is 1. The van der Waals surface area contributed by atoms with Gasteiger partial charge >= 0.3 is 0 Å². The number of likely N-dealkylation sites (tertiary alicyclic amines) is 1. The molecule has 0 aromatic heterocycles. The molecule has 1 amide bonds. The van der Waals surface area contributed by atoms with Crippen LogP contribution in [0.5, 0.6) is 0 Å². The molecule has 0 bridgehead atoms. The molecule has 3 nitrogen and oxygen atoms in total. The molecule has 0 aromatic rings. The van der Waals surface area contributed by atoms with Crippen molar-refractivity contribution in [3.63, 3.8) is 0 Å². The largest absolute Gasteiger partial charge is 0.352 e. The molecule has 0 aliphatic carbocycles. The first-order valence-electron chi connectivity index (χ1n) is 4.95. The molecule has 2 aliphatic heterocycles. The Labute approximate surface area is 81.4 Å². The van der Waals surface area contributed by atoms with Gasteiger partial charge in [0, 0.05) is 32.0 Å². The molecular weight excluding hydrogens is 190 g/mol. The quantitative estimate of drug-likeness (QED) is 0.714. The number of nitrogens with zero attached hydrogens (tertiary/aromatic N) is 1. The van der Waals surface area contributed by atoms with E-state index in [-0.39, 0.29) is 24.9 Å². The SMILES string of the molecule is O=C1CCC(CN2CCC(F)(F)C2)N1. The lowest BCUT2D eigenvalue weighted by Gasteiger charge is -2.19. The predicted octanol–water partition coefficient (Wildman–Crippen LogP) is 0.606. The molecular formula is C9H14F2N2O. The third-order valence-corrected chi connectivity index (χ3v) is 2.81. The number of alkyl halides is 2. The van der Waals surface area contributed by atoms with Crippen molar-refractivity contribution in [2.24, 2.45) is 0 Å². The van der Waals surface area contributed by atoms with Gasteiger partial charge in [0.2, 0.25) is 5.91 Å². The number of nitrogens with one attached hydrogen (secondary N) is 1. The second-order valence-corrected chi connectivity index (χ2v) is 4.14. The fourth-order valence-corrected chi connectivity index (χ4v) is 2.09. The summed E-state index contributed by atoms with van der Waals surface area (Å²) in [4.78, 5) is 12.6. The third-order valence-electron chi connectivity index (χ3n) is 2.81. The maximum atomic E-state index is 12.8. The molecule has 2 saturated heterocycles. The Morgan fingerprint density at radius 1 is 1.57 bits per heavy atom. The maximum absolute atomic E-state index is 12.8. The molecule has 1 unspecified atom stereocenters. The van der Waals surface area contributed by atoms with Crippen LogP contribution in [-0.2, 0) is 4.79 Å². The smallest absolute Gasteiger partial charge is 0.261 e. The van der Waals surface area contributed by atoms with Crippen LogP contribution < -0.4 is 5.32 Å². The summed E-state index contributed by atoms with van der Waals surface area (Å²) >= 11 is 0. The van der Waals surface area contributed by atoms with Crippen LogP contribution in [0.2, 0.25) is 0 Å². The second-order valence-electron chi connectivity index (χ2n) is 4.14. The molecule has 80 valence electrons. The molecule has 2 heterocycles. The highest BCUT2D eigenvalue weighted by atomic mass is 19.3. The highest BCUT2D eigenvalue weighted by molar-refractivity contribution is 5.78. The van der Waals surface area contributed by atoms with E-state index >= 15 is 0 Å². The minimum atomic E-state index is -2.53. The summed E-state index contributed by atoms with van der Waals surface area (Å²) in [6.07, 6.45) is 1.27. The first-order chi connectivity index (χ1) is 6.55. The summed E-state index contributed by atoms with van der Waals surface area (Å²) < 4.78 is 25.6. The molecule has 0 saturated carbocycles. The van der Waals surface area contributed by atoms with Crippen LogP contribution in [0, 0.1) is 0 Å². The van der Waals surface area contributed by atoms with E-state index in [1.807, 2.05) is 0 Å². The van der Waals surface area contributed by atoms with E-state index in [1.165, 1.54) is 0 Å². The van der Waals surface area contributed by atoms with Crippen LogP contribution >= 0.6 is 0 Å². The normalized spacial score (nSPS) is 32.1. The molecule has 0 spiro atoms. The van der Waals surface area contributed by atoms with Gasteiger partial charge in [-0.25, -0.2) is 8.78 Å². The highest BCUT2D eigenvalue weighted by Crippen LogP contribution is 2.27. The summed E-state index contributed by atoms with van der Waals surface area (Å²) in [6.45, 7) is 0.861. The monoisotopic (exact) mass is 204 g/mol. The van der Waals surface area contributed by atoms with Gasteiger partial charge in [0.25, 0.3) is 5.92 Å². The highest BCUT2D eigenvalue weighted by Gasteiger charge is 2.39. The molecule has 1 N–H and O–H groups in total. The van der Waals surface area contributed by atoms with Crippen LogP contribution in [0.25, 0.3) is 0 Å². The van der Waals surface area contributed by atoms with Gasteiger partial charge in [-0.15, -0.1) is 0 Å². The lowest BCUT2D eigenvalue weighted by molar-refractivity contribution is -0.119. The minimum absolute atomic E-state index is 0.0426.